The van der Waals surface area contributed by atoms with E-state index in [-0.39, 0.29) is 0 Å². The van der Waals surface area contributed by atoms with E-state index >= 15 is 0 Å². The number of aromatic nitrogens is 3. The van der Waals surface area contributed by atoms with Crippen molar-refractivity contribution in [3.8, 4) is 0 Å². The normalized spacial score (nSPS) is 11.4. The van der Waals surface area contributed by atoms with Crippen molar-refractivity contribution >= 4 is 34.1 Å². The van der Waals surface area contributed by atoms with Gasteiger partial charge < -0.3 is 4.57 Å². The van der Waals surface area contributed by atoms with Gasteiger partial charge in [-0.05, 0) is 42.5 Å². The molecule has 21 heavy (non-hydrogen) atoms. The summed E-state index contributed by atoms with van der Waals surface area (Å²) in [6.07, 6.45) is 1.83. The number of halogens is 1. The molecule has 3 nitrogen and oxygen atoms in total. The Bertz CT molecular complexity index is 760. The maximum absolute atomic E-state index is 5.94. The van der Waals surface area contributed by atoms with Gasteiger partial charge in [-0.3, -0.25) is 0 Å². The summed E-state index contributed by atoms with van der Waals surface area (Å²) in [5.41, 5.74) is 4.34. The number of hydrogen-bond donors (Lipinski definition) is 0. The van der Waals surface area contributed by atoms with Crippen molar-refractivity contribution in [3.63, 3.8) is 0 Å². The zero-order valence-corrected chi connectivity index (χ0v) is 13.8. The molecule has 0 aliphatic rings. The van der Waals surface area contributed by atoms with Crippen molar-refractivity contribution in [1.29, 1.82) is 0 Å². The Morgan fingerprint density at radius 1 is 1.24 bits per heavy atom. The van der Waals surface area contributed by atoms with E-state index in [4.69, 9.17) is 16.6 Å². The predicted octanol–water partition coefficient (Wildman–Crippen LogP) is 4.19. The molecule has 3 aromatic heterocycles. The molecule has 3 heterocycles. The average Bonchev–Trinajstić information content (AvgIpc) is 3.05. The van der Waals surface area contributed by atoms with Crippen LogP contribution in [0.25, 0.3) is 11.2 Å². The molecule has 0 saturated heterocycles. The highest BCUT2D eigenvalue weighted by molar-refractivity contribution is 7.10. The van der Waals surface area contributed by atoms with Gasteiger partial charge in [0.05, 0.1) is 6.54 Å². The van der Waals surface area contributed by atoms with Crippen LogP contribution in [-0.4, -0.2) is 20.4 Å². The molecule has 0 radical (unpaired) electrons. The first-order valence-corrected chi connectivity index (χ1v) is 8.58. The Morgan fingerprint density at radius 2 is 2.10 bits per heavy atom. The van der Waals surface area contributed by atoms with Crippen molar-refractivity contribution < 1.29 is 0 Å². The molecule has 3 aromatic rings. The first kappa shape index (κ1) is 14.5. The molecule has 0 aromatic carbocycles. The Balaban J connectivity index is 2.10. The number of thiophene rings is 1. The van der Waals surface area contributed by atoms with Crippen molar-refractivity contribution in [2.75, 3.05) is 5.88 Å². The van der Waals surface area contributed by atoms with Gasteiger partial charge >= 0.3 is 0 Å². The Morgan fingerprint density at radius 3 is 2.86 bits per heavy atom. The zero-order valence-electron chi connectivity index (χ0n) is 12.3. The highest BCUT2D eigenvalue weighted by atomic mass is 35.5. The summed E-state index contributed by atoms with van der Waals surface area (Å²) in [7, 11) is 0. The van der Waals surface area contributed by atoms with Crippen LogP contribution in [-0.2, 0) is 19.4 Å². The molecule has 3 rings (SSSR count). The largest absolute Gasteiger partial charge is 0.307 e. The summed E-state index contributed by atoms with van der Waals surface area (Å²) in [6, 6.07) is 6.26. The van der Waals surface area contributed by atoms with Crippen LogP contribution in [0.1, 0.15) is 28.9 Å². The molecule has 0 atom stereocenters. The van der Waals surface area contributed by atoms with Gasteiger partial charge in [0.15, 0.2) is 5.65 Å². The number of aryl methyl sites for hydroxylation is 3. The summed E-state index contributed by atoms with van der Waals surface area (Å²) in [5, 5.41) is 2.16. The fourth-order valence-corrected chi connectivity index (χ4v) is 3.68. The smallest absolute Gasteiger partial charge is 0.160 e. The third-order valence-corrected chi connectivity index (χ3v) is 4.79. The zero-order chi connectivity index (χ0) is 14.8. The van der Waals surface area contributed by atoms with Crippen molar-refractivity contribution in [1.82, 2.24) is 14.5 Å². The summed E-state index contributed by atoms with van der Waals surface area (Å²) < 4.78 is 2.22. The van der Waals surface area contributed by atoms with Crippen molar-refractivity contribution in [2.24, 2.45) is 0 Å². The summed E-state index contributed by atoms with van der Waals surface area (Å²) in [6.45, 7) is 5.04. The number of fused-ring (bicyclic) bond motifs is 1. The second-order valence-corrected chi connectivity index (χ2v) is 6.45. The maximum atomic E-state index is 5.94. The third-order valence-electron chi connectivity index (χ3n) is 3.65. The first-order valence-electron chi connectivity index (χ1n) is 7.17. The molecule has 0 N–H and O–H groups in total. The van der Waals surface area contributed by atoms with E-state index < -0.39 is 0 Å². The van der Waals surface area contributed by atoms with E-state index in [1.807, 2.05) is 19.1 Å². The molecule has 0 fully saturated rings. The van der Waals surface area contributed by atoms with Crippen LogP contribution in [0.15, 0.2) is 23.6 Å². The van der Waals surface area contributed by atoms with Gasteiger partial charge in [0.25, 0.3) is 0 Å². The van der Waals surface area contributed by atoms with Crippen LogP contribution in [0.2, 0.25) is 0 Å². The minimum absolute atomic E-state index is 0.577. The number of nitrogens with zero attached hydrogens (tertiary/aromatic N) is 3. The topological polar surface area (TPSA) is 30.7 Å². The standard InChI is InChI=1S/C16H18ClN3S/c1-3-12-7-9-21-14(12)10-20-15(6-8-17)19-13-5-4-11(2)18-16(13)20/h4-5,7,9H,3,6,8,10H2,1-2H3. The minimum atomic E-state index is 0.577. The Hall–Kier alpha value is -1.39. The molecular formula is C16H18ClN3S. The number of hydrogen-bond acceptors (Lipinski definition) is 3. The lowest BCUT2D eigenvalue weighted by molar-refractivity contribution is 0.750. The molecule has 0 aliphatic carbocycles. The highest BCUT2D eigenvalue weighted by Gasteiger charge is 2.14. The van der Waals surface area contributed by atoms with Crippen LogP contribution < -0.4 is 0 Å². The van der Waals surface area contributed by atoms with Gasteiger partial charge in [-0.2, -0.15) is 0 Å². The van der Waals surface area contributed by atoms with Crippen molar-refractivity contribution in [2.45, 2.75) is 33.2 Å². The maximum Gasteiger partial charge on any atom is 0.160 e. The van der Waals surface area contributed by atoms with Crippen molar-refractivity contribution in [3.05, 3.63) is 45.5 Å². The lowest BCUT2D eigenvalue weighted by Gasteiger charge is -2.08. The summed E-state index contributed by atoms with van der Waals surface area (Å²) in [5.74, 6) is 1.60. The van der Waals surface area contributed by atoms with E-state index in [0.717, 1.165) is 42.1 Å². The fraction of sp³-hybridized carbons (Fsp3) is 0.375. The van der Waals surface area contributed by atoms with E-state index in [1.165, 1.54) is 10.4 Å². The van der Waals surface area contributed by atoms with Gasteiger partial charge in [-0.15, -0.1) is 22.9 Å². The van der Waals surface area contributed by atoms with Gasteiger partial charge in [-0.25, -0.2) is 9.97 Å². The SMILES string of the molecule is CCc1ccsc1Cn1c(CCCl)nc2ccc(C)nc21. The molecule has 0 amide bonds. The minimum Gasteiger partial charge on any atom is -0.307 e. The monoisotopic (exact) mass is 319 g/mol. The van der Waals surface area contributed by atoms with Gasteiger partial charge in [0.2, 0.25) is 0 Å². The van der Waals surface area contributed by atoms with Crippen LogP contribution >= 0.6 is 22.9 Å². The van der Waals surface area contributed by atoms with E-state index in [9.17, 15) is 0 Å². The summed E-state index contributed by atoms with van der Waals surface area (Å²) >= 11 is 7.74. The third kappa shape index (κ3) is 2.83. The molecule has 0 unspecified atom stereocenters. The average molecular weight is 320 g/mol. The predicted molar refractivity (Wildman–Crippen MR) is 89.5 cm³/mol. The van der Waals surface area contributed by atoms with E-state index in [0.29, 0.717) is 5.88 Å². The van der Waals surface area contributed by atoms with Crippen LogP contribution in [0.5, 0.6) is 0 Å². The number of alkyl halides is 1. The van der Waals surface area contributed by atoms with E-state index in [1.54, 1.807) is 11.3 Å². The first-order chi connectivity index (χ1) is 10.2. The van der Waals surface area contributed by atoms with Crippen LogP contribution in [0.4, 0.5) is 0 Å². The van der Waals surface area contributed by atoms with Crippen LogP contribution in [0, 0.1) is 6.92 Å². The number of imidazole rings is 1. The van der Waals surface area contributed by atoms with Gasteiger partial charge in [0.1, 0.15) is 11.3 Å². The van der Waals surface area contributed by atoms with Crippen LogP contribution in [0.3, 0.4) is 0 Å². The number of pyridine rings is 1. The van der Waals surface area contributed by atoms with E-state index in [2.05, 4.69) is 27.9 Å². The molecule has 0 spiro atoms. The van der Waals surface area contributed by atoms with Gasteiger partial charge in [-0.1, -0.05) is 6.92 Å². The summed E-state index contributed by atoms with van der Waals surface area (Å²) in [4.78, 5) is 10.8. The fourth-order valence-electron chi connectivity index (χ4n) is 2.55. The second kappa shape index (κ2) is 6.16. The lowest BCUT2D eigenvalue weighted by Crippen LogP contribution is -2.07. The second-order valence-electron chi connectivity index (χ2n) is 5.07. The highest BCUT2D eigenvalue weighted by Crippen LogP contribution is 2.23. The Kier molecular flexibility index (Phi) is 4.27. The molecule has 0 aliphatic heterocycles. The molecular weight excluding hydrogens is 302 g/mol. The number of rotatable bonds is 5. The molecule has 5 heteroatoms. The molecule has 0 bridgehead atoms. The lowest BCUT2D eigenvalue weighted by atomic mass is 10.2. The molecule has 0 saturated carbocycles. The quantitative estimate of drug-likeness (QED) is 0.660. The van der Waals surface area contributed by atoms with Gasteiger partial charge in [0, 0.05) is 22.9 Å². The Labute approximate surface area is 133 Å². The molecule has 110 valence electrons.